The van der Waals surface area contributed by atoms with Gasteiger partial charge in [-0.1, -0.05) is 43.2 Å². The predicted octanol–water partition coefficient (Wildman–Crippen LogP) is 3.44. The van der Waals surface area contributed by atoms with Crippen molar-refractivity contribution in [2.24, 2.45) is 0 Å². The fourth-order valence-electron chi connectivity index (χ4n) is 4.25. The highest BCUT2D eigenvalue weighted by Gasteiger charge is 2.45. The number of aryl methyl sites for hydroxylation is 1. The van der Waals surface area contributed by atoms with Crippen molar-refractivity contribution in [1.29, 1.82) is 0 Å². The van der Waals surface area contributed by atoms with E-state index in [2.05, 4.69) is 5.32 Å². The lowest BCUT2D eigenvalue weighted by Gasteiger charge is -2.28. The second kappa shape index (κ2) is 8.78. The molecule has 30 heavy (non-hydrogen) atoms. The van der Waals surface area contributed by atoms with Crippen molar-refractivity contribution >= 4 is 11.9 Å². The van der Waals surface area contributed by atoms with Crippen molar-refractivity contribution in [1.82, 2.24) is 5.32 Å². The summed E-state index contributed by atoms with van der Waals surface area (Å²) in [5, 5.41) is 2.83. The van der Waals surface area contributed by atoms with E-state index in [-0.39, 0.29) is 18.5 Å². The molecule has 0 spiro atoms. The molecule has 1 heterocycles. The minimum absolute atomic E-state index is 0.281. The van der Waals surface area contributed by atoms with Crippen LogP contribution in [0.5, 0.6) is 11.5 Å². The van der Waals surface area contributed by atoms with Gasteiger partial charge in [0.05, 0.1) is 5.41 Å². The molecule has 2 aliphatic rings. The summed E-state index contributed by atoms with van der Waals surface area (Å²) in [4.78, 5) is 25.3. The molecule has 6 nitrogen and oxygen atoms in total. The molecule has 1 amide bonds. The molecule has 0 radical (unpaired) electrons. The van der Waals surface area contributed by atoms with Crippen LogP contribution in [0.2, 0.25) is 0 Å². The van der Waals surface area contributed by atoms with Crippen molar-refractivity contribution in [3.05, 3.63) is 59.2 Å². The molecular formula is C24H27NO5. The summed E-state index contributed by atoms with van der Waals surface area (Å²) in [7, 11) is 0. The van der Waals surface area contributed by atoms with Gasteiger partial charge >= 0.3 is 5.97 Å². The number of carbonyl (C=O) groups is 2. The van der Waals surface area contributed by atoms with Crippen LogP contribution in [-0.4, -0.2) is 31.7 Å². The van der Waals surface area contributed by atoms with E-state index in [4.69, 9.17) is 14.2 Å². The number of esters is 1. The van der Waals surface area contributed by atoms with E-state index in [0.29, 0.717) is 44.1 Å². The van der Waals surface area contributed by atoms with Gasteiger partial charge in [0.2, 0.25) is 0 Å². The first-order valence-electron chi connectivity index (χ1n) is 10.5. The van der Waals surface area contributed by atoms with Gasteiger partial charge < -0.3 is 19.5 Å². The molecule has 1 fully saturated rings. The number of rotatable bonds is 6. The second-order valence-corrected chi connectivity index (χ2v) is 7.93. The molecule has 0 atom stereocenters. The van der Waals surface area contributed by atoms with Gasteiger partial charge in [-0.25, -0.2) is 0 Å². The second-order valence-electron chi connectivity index (χ2n) is 7.93. The Bertz CT molecular complexity index is 933. The number of nitrogens with one attached hydrogen (secondary N) is 1. The zero-order valence-corrected chi connectivity index (χ0v) is 17.2. The molecule has 0 aromatic heterocycles. The maximum Gasteiger partial charge on any atom is 0.317 e. The number of hydrogen-bond donors (Lipinski definition) is 1. The van der Waals surface area contributed by atoms with Crippen molar-refractivity contribution in [2.75, 3.05) is 19.8 Å². The fraction of sp³-hybridized carbons (Fsp3) is 0.417. The number of carbonyl (C=O) groups excluding carboxylic acids is 2. The average molecular weight is 409 g/mol. The maximum atomic E-state index is 13.1. The minimum Gasteiger partial charge on any atom is -0.486 e. The Balaban J connectivity index is 1.40. The normalized spacial score (nSPS) is 16.7. The third-order valence-electron chi connectivity index (χ3n) is 6.01. The van der Waals surface area contributed by atoms with Crippen LogP contribution in [0, 0.1) is 6.92 Å². The number of ether oxygens (including phenoxy) is 3. The van der Waals surface area contributed by atoms with Crippen molar-refractivity contribution < 1.29 is 23.8 Å². The number of hydrogen-bond acceptors (Lipinski definition) is 5. The Kier molecular flexibility index (Phi) is 5.93. The summed E-state index contributed by atoms with van der Waals surface area (Å²) in [6, 6.07) is 13.5. The highest BCUT2D eigenvalue weighted by atomic mass is 16.6. The van der Waals surface area contributed by atoms with Crippen LogP contribution in [0.1, 0.15) is 42.4 Å². The SMILES string of the molecule is Cc1ccccc1CNC(=O)COC(=O)C1(c2ccc3c(c2)OCCO3)CCCC1. The van der Waals surface area contributed by atoms with Crippen LogP contribution in [0.25, 0.3) is 0 Å². The molecule has 2 aromatic rings. The molecule has 4 rings (SSSR count). The molecule has 0 bridgehead atoms. The smallest absolute Gasteiger partial charge is 0.317 e. The summed E-state index contributed by atoms with van der Waals surface area (Å²) in [6.07, 6.45) is 3.30. The molecule has 1 aliphatic carbocycles. The zero-order chi connectivity index (χ0) is 21.0. The lowest BCUT2D eigenvalue weighted by atomic mass is 9.78. The standard InChI is InChI=1S/C24H27NO5/c1-17-6-2-3-7-18(17)15-25-22(26)16-30-23(27)24(10-4-5-11-24)19-8-9-20-21(14-19)29-13-12-28-20/h2-3,6-9,14H,4-5,10-13,15-16H2,1H3,(H,25,26). The van der Waals surface area contributed by atoms with E-state index in [0.717, 1.165) is 29.5 Å². The first-order chi connectivity index (χ1) is 14.6. The average Bonchev–Trinajstić information content (AvgIpc) is 3.28. The molecule has 2 aromatic carbocycles. The summed E-state index contributed by atoms with van der Waals surface area (Å²) in [6.45, 7) is 3.15. The van der Waals surface area contributed by atoms with Gasteiger partial charge in [-0.15, -0.1) is 0 Å². The fourth-order valence-corrected chi connectivity index (χ4v) is 4.25. The zero-order valence-electron chi connectivity index (χ0n) is 17.2. The van der Waals surface area contributed by atoms with Gasteiger partial charge in [-0.3, -0.25) is 9.59 Å². The van der Waals surface area contributed by atoms with Gasteiger partial charge in [-0.05, 0) is 48.6 Å². The van der Waals surface area contributed by atoms with Crippen LogP contribution in [0.15, 0.2) is 42.5 Å². The molecule has 1 aliphatic heterocycles. The number of benzene rings is 2. The Hall–Kier alpha value is -3.02. The third-order valence-corrected chi connectivity index (χ3v) is 6.01. The molecule has 1 N–H and O–H groups in total. The molecule has 0 unspecified atom stereocenters. The first kappa shape index (κ1) is 20.3. The molecular weight excluding hydrogens is 382 g/mol. The van der Waals surface area contributed by atoms with Crippen LogP contribution in [-0.2, 0) is 26.3 Å². The highest BCUT2D eigenvalue weighted by molar-refractivity contribution is 5.87. The third kappa shape index (κ3) is 4.13. The van der Waals surface area contributed by atoms with E-state index in [1.807, 2.05) is 49.4 Å². The van der Waals surface area contributed by atoms with Crippen molar-refractivity contribution in [3.63, 3.8) is 0 Å². The largest absolute Gasteiger partial charge is 0.486 e. The lowest BCUT2D eigenvalue weighted by Crippen LogP contribution is -2.37. The lowest BCUT2D eigenvalue weighted by molar-refractivity contribution is -0.154. The topological polar surface area (TPSA) is 73.9 Å². The quantitative estimate of drug-likeness (QED) is 0.740. The van der Waals surface area contributed by atoms with Gasteiger partial charge in [0.25, 0.3) is 5.91 Å². The summed E-state index contributed by atoms with van der Waals surface area (Å²) in [5.41, 5.74) is 2.29. The van der Waals surface area contributed by atoms with E-state index >= 15 is 0 Å². The number of fused-ring (bicyclic) bond motifs is 1. The van der Waals surface area contributed by atoms with Crippen molar-refractivity contribution in [3.8, 4) is 11.5 Å². The van der Waals surface area contributed by atoms with Crippen LogP contribution < -0.4 is 14.8 Å². The van der Waals surface area contributed by atoms with Gasteiger partial charge in [0.15, 0.2) is 18.1 Å². The Morgan fingerprint density at radius 1 is 1.03 bits per heavy atom. The number of amides is 1. The van der Waals surface area contributed by atoms with E-state index in [1.54, 1.807) is 0 Å². The van der Waals surface area contributed by atoms with Crippen LogP contribution in [0.4, 0.5) is 0 Å². The van der Waals surface area contributed by atoms with Gasteiger partial charge in [0.1, 0.15) is 13.2 Å². The van der Waals surface area contributed by atoms with Gasteiger partial charge in [-0.2, -0.15) is 0 Å². The molecule has 6 heteroatoms. The summed E-state index contributed by atoms with van der Waals surface area (Å²) >= 11 is 0. The highest BCUT2D eigenvalue weighted by Crippen LogP contribution is 2.45. The Labute approximate surface area is 176 Å². The van der Waals surface area contributed by atoms with E-state index in [1.165, 1.54) is 0 Å². The molecule has 158 valence electrons. The summed E-state index contributed by atoms with van der Waals surface area (Å²) in [5.74, 6) is 0.709. The van der Waals surface area contributed by atoms with Crippen LogP contribution in [0.3, 0.4) is 0 Å². The van der Waals surface area contributed by atoms with E-state index in [9.17, 15) is 9.59 Å². The molecule has 0 saturated heterocycles. The Morgan fingerprint density at radius 3 is 2.53 bits per heavy atom. The molecule has 1 saturated carbocycles. The minimum atomic E-state index is -0.730. The summed E-state index contributed by atoms with van der Waals surface area (Å²) < 4.78 is 16.8. The predicted molar refractivity (Wildman–Crippen MR) is 112 cm³/mol. The van der Waals surface area contributed by atoms with Crippen LogP contribution >= 0.6 is 0 Å². The first-order valence-corrected chi connectivity index (χ1v) is 10.5. The maximum absolute atomic E-state index is 13.1. The Morgan fingerprint density at radius 2 is 1.77 bits per heavy atom. The monoisotopic (exact) mass is 409 g/mol. The van der Waals surface area contributed by atoms with Crippen molar-refractivity contribution in [2.45, 2.75) is 44.6 Å². The van der Waals surface area contributed by atoms with E-state index < -0.39 is 5.41 Å². The van der Waals surface area contributed by atoms with Gasteiger partial charge in [0, 0.05) is 6.54 Å².